The number of halogens is 2. The first-order chi connectivity index (χ1) is 10.2. The summed E-state index contributed by atoms with van der Waals surface area (Å²) < 4.78 is 25.2. The molecule has 2 fully saturated rings. The number of hydrogen-bond donors (Lipinski definition) is 1. The summed E-state index contributed by atoms with van der Waals surface area (Å²) in [6.45, 7) is 4.29. The van der Waals surface area contributed by atoms with Crippen LogP contribution in [-0.2, 0) is 6.54 Å². The van der Waals surface area contributed by atoms with Crippen molar-refractivity contribution in [1.82, 2.24) is 10.2 Å². The molecule has 0 radical (unpaired) electrons. The molecule has 1 saturated heterocycles. The molecule has 2 aliphatic rings. The Bertz CT molecular complexity index is 437. The largest absolute Gasteiger partial charge is 0.316 e. The van der Waals surface area contributed by atoms with Crippen LogP contribution in [0.4, 0.5) is 8.78 Å². The van der Waals surface area contributed by atoms with E-state index in [9.17, 15) is 8.78 Å². The Morgan fingerprint density at radius 2 is 1.90 bits per heavy atom. The molecule has 1 aromatic rings. The lowest BCUT2D eigenvalue weighted by Gasteiger charge is -2.30. The van der Waals surface area contributed by atoms with Gasteiger partial charge in [-0.2, -0.15) is 0 Å². The first-order valence-corrected chi connectivity index (χ1v) is 8.04. The van der Waals surface area contributed by atoms with Crippen LogP contribution in [-0.4, -0.2) is 30.6 Å². The fourth-order valence-electron chi connectivity index (χ4n) is 3.20. The number of hydrogen-bond acceptors (Lipinski definition) is 2. The van der Waals surface area contributed by atoms with E-state index in [1.807, 2.05) is 12.1 Å². The number of piperidine rings is 1. The van der Waals surface area contributed by atoms with E-state index < -0.39 is 6.43 Å². The second-order valence-electron chi connectivity index (χ2n) is 6.42. The Hall–Kier alpha value is -1.00. The van der Waals surface area contributed by atoms with Crippen LogP contribution in [0.15, 0.2) is 24.3 Å². The molecule has 1 aromatic carbocycles. The average molecular weight is 294 g/mol. The Balaban J connectivity index is 1.59. The van der Waals surface area contributed by atoms with Gasteiger partial charge >= 0.3 is 0 Å². The highest BCUT2D eigenvalue weighted by molar-refractivity contribution is 5.23. The van der Waals surface area contributed by atoms with Gasteiger partial charge < -0.3 is 5.32 Å². The molecule has 0 spiro atoms. The van der Waals surface area contributed by atoms with E-state index in [0.29, 0.717) is 6.04 Å². The van der Waals surface area contributed by atoms with Gasteiger partial charge in [-0.25, -0.2) is 8.78 Å². The van der Waals surface area contributed by atoms with Gasteiger partial charge in [0.1, 0.15) is 0 Å². The zero-order chi connectivity index (χ0) is 14.7. The molecule has 2 nitrogen and oxygen atoms in total. The minimum atomic E-state index is -2.37. The van der Waals surface area contributed by atoms with Crippen LogP contribution < -0.4 is 5.32 Å². The molecule has 0 aromatic heterocycles. The summed E-state index contributed by atoms with van der Waals surface area (Å²) in [7, 11) is 0. The van der Waals surface area contributed by atoms with Crippen molar-refractivity contribution in [2.24, 2.45) is 5.92 Å². The third-order valence-corrected chi connectivity index (χ3v) is 4.57. The van der Waals surface area contributed by atoms with Gasteiger partial charge in [-0.3, -0.25) is 4.90 Å². The van der Waals surface area contributed by atoms with Crippen LogP contribution in [0.1, 0.15) is 43.2 Å². The molecule has 116 valence electrons. The number of nitrogens with zero attached hydrogens (tertiary/aromatic N) is 1. The summed E-state index contributed by atoms with van der Waals surface area (Å²) >= 11 is 0. The Morgan fingerprint density at radius 1 is 1.14 bits per heavy atom. The van der Waals surface area contributed by atoms with Gasteiger partial charge in [0, 0.05) is 24.7 Å². The fourth-order valence-corrected chi connectivity index (χ4v) is 3.20. The highest BCUT2D eigenvalue weighted by Gasteiger charge is 2.30. The van der Waals surface area contributed by atoms with E-state index in [1.54, 1.807) is 12.1 Å². The Kier molecular flexibility index (Phi) is 4.86. The molecule has 1 saturated carbocycles. The zero-order valence-electron chi connectivity index (χ0n) is 12.4. The number of benzene rings is 1. The molecular formula is C17H24F2N2. The molecule has 1 atom stereocenters. The standard InChI is InChI=1S/C17H24F2N2/c18-17(19)15-5-3-13(4-6-15)11-21(16-7-8-16)12-14-2-1-9-20-10-14/h3-6,14,16-17,20H,1-2,7-12H2. The summed E-state index contributed by atoms with van der Waals surface area (Å²) in [4.78, 5) is 2.55. The Morgan fingerprint density at radius 3 is 2.48 bits per heavy atom. The minimum Gasteiger partial charge on any atom is -0.316 e. The summed E-state index contributed by atoms with van der Waals surface area (Å²) in [5, 5.41) is 3.47. The minimum absolute atomic E-state index is 0.119. The van der Waals surface area contributed by atoms with Crippen molar-refractivity contribution in [3.8, 4) is 0 Å². The van der Waals surface area contributed by atoms with Gasteiger partial charge in [-0.05, 0) is 50.3 Å². The molecule has 3 rings (SSSR count). The molecule has 1 aliphatic carbocycles. The van der Waals surface area contributed by atoms with E-state index in [2.05, 4.69) is 10.2 Å². The number of nitrogens with one attached hydrogen (secondary N) is 1. The predicted molar refractivity (Wildman–Crippen MR) is 80.4 cm³/mol. The molecule has 4 heteroatoms. The molecule has 0 amide bonds. The van der Waals surface area contributed by atoms with Gasteiger partial charge in [0.2, 0.25) is 0 Å². The fraction of sp³-hybridized carbons (Fsp3) is 0.647. The van der Waals surface area contributed by atoms with Crippen LogP contribution in [0.5, 0.6) is 0 Å². The molecular weight excluding hydrogens is 270 g/mol. The van der Waals surface area contributed by atoms with Crippen LogP contribution in [0.2, 0.25) is 0 Å². The van der Waals surface area contributed by atoms with Crippen molar-refractivity contribution in [3.63, 3.8) is 0 Å². The van der Waals surface area contributed by atoms with Crippen molar-refractivity contribution in [2.75, 3.05) is 19.6 Å². The topological polar surface area (TPSA) is 15.3 Å². The smallest absolute Gasteiger partial charge is 0.263 e. The maximum absolute atomic E-state index is 12.6. The first kappa shape index (κ1) is 14.9. The van der Waals surface area contributed by atoms with Crippen LogP contribution >= 0.6 is 0 Å². The van der Waals surface area contributed by atoms with Gasteiger partial charge in [-0.15, -0.1) is 0 Å². The third-order valence-electron chi connectivity index (χ3n) is 4.57. The van der Waals surface area contributed by atoms with E-state index in [0.717, 1.165) is 37.7 Å². The van der Waals surface area contributed by atoms with Crippen molar-refractivity contribution in [1.29, 1.82) is 0 Å². The van der Waals surface area contributed by atoms with Crippen LogP contribution in [0, 0.1) is 5.92 Å². The predicted octanol–water partition coefficient (Wildman–Crippen LogP) is 3.59. The lowest BCUT2D eigenvalue weighted by atomic mass is 9.98. The lowest BCUT2D eigenvalue weighted by Crippen LogP contribution is -2.39. The second kappa shape index (κ2) is 6.84. The van der Waals surface area contributed by atoms with E-state index >= 15 is 0 Å². The average Bonchev–Trinajstić information content (AvgIpc) is 3.33. The second-order valence-corrected chi connectivity index (χ2v) is 6.42. The van der Waals surface area contributed by atoms with Gasteiger partial charge in [0.25, 0.3) is 6.43 Å². The maximum Gasteiger partial charge on any atom is 0.263 e. The molecule has 1 N–H and O–H groups in total. The van der Waals surface area contributed by atoms with Crippen LogP contribution in [0.25, 0.3) is 0 Å². The quantitative estimate of drug-likeness (QED) is 0.862. The molecule has 21 heavy (non-hydrogen) atoms. The van der Waals surface area contributed by atoms with Gasteiger partial charge in [0.05, 0.1) is 0 Å². The maximum atomic E-state index is 12.6. The highest BCUT2D eigenvalue weighted by atomic mass is 19.3. The lowest BCUT2D eigenvalue weighted by molar-refractivity contribution is 0.151. The number of rotatable bonds is 6. The molecule has 1 unspecified atom stereocenters. The zero-order valence-corrected chi connectivity index (χ0v) is 12.4. The normalized spacial score (nSPS) is 23.0. The van der Waals surface area contributed by atoms with Crippen LogP contribution in [0.3, 0.4) is 0 Å². The summed E-state index contributed by atoms with van der Waals surface area (Å²) in [5.41, 5.74) is 1.27. The van der Waals surface area contributed by atoms with E-state index in [-0.39, 0.29) is 5.56 Å². The molecule has 1 aliphatic heterocycles. The van der Waals surface area contributed by atoms with Crippen molar-refractivity contribution >= 4 is 0 Å². The highest BCUT2D eigenvalue weighted by Crippen LogP contribution is 2.30. The monoisotopic (exact) mass is 294 g/mol. The molecule has 1 heterocycles. The van der Waals surface area contributed by atoms with E-state index in [4.69, 9.17) is 0 Å². The van der Waals surface area contributed by atoms with Crippen molar-refractivity contribution in [2.45, 2.75) is 44.7 Å². The van der Waals surface area contributed by atoms with E-state index in [1.165, 1.54) is 25.7 Å². The summed E-state index contributed by atoms with van der Waals surface area (Å²) in [6.07, 6.45) is 2.78. The summed E-state index contributed by atoms with van der Waals surface area (Å²) in [5.74, 6) is 0.736. The third kappa shape index (κ3) is 4.24. The molecule has 0 bridgehead atoms. The summed E-state index contributed by atoms with van der Waals surface area (Å²) in [6, 6.07) is 7.55. The Labute approximate surface area is 125 Å². The first-order valence-electron chi connectivity index (χ1n) is 8.04. The van der Waals surface area contributed by atoms with Crippen molar-refractivity contribution < 1.29 is 8.78 Å². The number of alkyl halides is 2. The van der Waals surface area contributed by atoms with Gasteiger partial charge in [-0.1, -0.05) is 24.3 Å². The van der Waals surface area contributed by atoms with Crippen molar-refractivity contribution in [3.05, 3.63) is 35.4 Å². The SMILES string of the molecule is FC(F)c1ccc(CN(CC2CCCNC2)C2CC2)cc1. The van der Waals surface area contributed by atoms with Gasteiger partial charge in [0.15, 0.2) is 0 Å².